The maximum absolute atomic E-state index is 12.6. The zero-order valence-corrected chi connectivity index (χ0v) is 25.3. The summed E-state index contributed by atoms with van der Waals surface area (Å²) in [7, 11) is 0. The number of piperazine rings is 1. The molecule has 13 heteroatoms. The van der Waals surface area contributed by atoms with Crippen LogP contribution in [0.2, 0.25) is 0 Å². The van der Waals surface area contributed by atoms with E-state index < -0.39 is 0 Å². The van der Waals surface area contributed by atoms with Gasteiger partial charge in [0.05, 0.1) is 14.9 Å². The molecule has 1 saturated heterocycles. The molecule has 0 amide bonds. The number of carbonyl (C=O) groups is 1. The fourth-order valence-corrected chi connectivity index (χ4v) is 5.66. The Hall–Kier alpha value is -1.24. The summed E-state index contributed by atoms with van der Waals surface area (Å²) in [5.41, 5.74) is 4.20. The summed E-state index contributed by atoms with van der Waals surface area (Å²) >= 11 is 5.20. The molecular formula is C24H32BrCl3N6O2S. The molecule has 2 N–H and O–H groups in total. The average molecular weight is 655 g/mol. The number of halogens is 4. The fraction of sp³-hybridized carbons (Fsp3) is 0.458. The van der Waals surface area contributed by atoms with Crippen molar-refractivity contribution in [1.29, 1.82) is 0 Å². The van der Waals surface area contributed by atoms with Gasteiger partial charge in [0.25, 0.3) is 0 Å². The maximum Gasteiger partial charge on any atom is 0.357 e. The van der Waals surface area contributed by atoms with E-state index in [0.717, 1.165) is 83.8 Å². The van der Waals surface area contributed by atoms with Crippen LogP contribution in [0.1, 0.15) is 30.1 Å². The Bertz CT molecular complexity index is 1170. The fourth-order valence-electron chi connectivity index (χ4n) is 4.03. The summed E-state index contributed by atoms with van der Waals surface area (Å²) in [6, 6.07) is 8.01. The van der Waals surface area contributed by atoms with Crippen molar-refractivity contribution in [2.75, 3.05) is 51.1 Å². The highest BCUT2D eigenvalue weighted by Gasteiger charge is 2.24. The van der Waals surface area contributed by atoms with E-state index in [2.05, 4.69) is 48.4 Å². The summed E-state index contributed by atoms with van der Waals surface area (Å²) in [6.45, 7) is 9.57. The Kier molecular flexibility index (Phi) is 12.8. The Balaban J connectivity index is 0.00000160. The molecule has 0 spiro atoms. The highest BCUT2D eigenvalue weighted by atomic mass is 79.9. The van der Waals surface area contributed by atoms with E-state index in [9.17, 15) is 4.79 Å². The zero-order chi connectivity index (χ0) is 23.5. The SMILES string of the molecule is CCN1CCN(CCNc2ncc(Br)c(-c3cc4c(C(=O)ONC5CC5)cccc4s3)n2)CC1.Cl.Cl.Cl. The van der Waals surface area contributed by atoms with Crippen LogP contribution in [0.25, 0.3) is 20.7 Å². The molecule has 0 bridgehead atoms. The van der Waals surface area contributed by atoms with E-state index in [1.165, 1.54) is 0 Å². The first-order valence-electron chi connectivity index (χ1n) is 11.8. The summed E-state index contributed by atoms with van der Waals surface area (Å²) in [5.74, 6) is 0.252. The normalized spacial score (nSPS) is 15.8. The molecule has 1 aliphatic heterocycles. The lowest BCUT2D eigenvalue weighted by atomic mass is 10.1. The van der Waals surface area contributed by atoms with Crippen LogP contribution in [0, 0.1) is 0 Å². The summed E-state index contributed by atoms with van der Waals surface area (Å²) in [4.78, 5) is 33.0. The molecule has 8 nitrogen and oxygen atoms in total. The van der Waals surface area contributed by atoms with Crippen molar-refractivity contribution in [3.8, 4) is 10.6 Å². The largest absolute Gasteiger partial charge is 0.366 e. The second-order valence-corrected chi connectivity index (χ2v) is 10.6. The van der Waals surface area contributed by atoms with Crippen molar-refractivity contribution in [1.82, 2.24) is 25.2 Å². The number of carbonyl (C=O) groups excluding carboxylic acids is 1. The molecular weight excluding hydrogens is 623 g/mol. The first kappa shape index (κ1) is 32.0. The molecule has 2 aromatic heterocycles. The highest BCUT2D eigenvalue weighted by Crippen LogP contribution is 2.37. The highest BCUT2D eigenvalue weighted by molar-refractivity contribution is 9.10. The predicted molar refractivity (Wildman–Crippen MR) is 161 cm³/mol. The number of rotatable bonds is 9. The number of aromatic nitrogens is 2. The molecule has 0 atom stereocenters. The second kappa shape index (κ2) is 14.8. The van der Waals surface area contributed by atoms with E-state index >= 15 is 0 Å². The minimum Gasteiger partial charge on any atom is -0.366 e. The number of hydroxylamine groups is 1. The first-order valence-corrected chi connectivity index (χ1v) is 13.4. The van der Waals surface area contributed by atoms with Gasteiger partial charge in [0.1, 0.15) is 5.69 Å². The lowest BCUT2D eigenvalue weighted by molar-refractivity contribution is 0.0238. The Labute approximate surface area is 248 Å². The zero-order valence-electron chi connectivity index (χ0n) is 20.4. The number of hydrogen-bond donors (Lipinski definition) is 2. The third kappa shape index (κ3) is 8.12. The number of benzene rings is 1. The van der Waals surface area contributed by atoms with Crippen LogP contribution < -0.4 is 10.8 Å². The smallest absolute Gasteiger partial charge is 0.357 e. The van der Waals surface area contributed by atoms with Crippen molar-refractivity contribution in [3.63, 3.8) is 0 Å². The number of hydrogen-bond acceptors (Lipinski definition) is 9. The van der Waals surface area contributed by atoms with Gasteiger partial charge in [-0.2, -0.15) is 0 Å². The molecule has 1 saturated carbocycles. The van der Waals surface area contributed by atoms with E-state index in [1.807, 2.05) is 18.2 Å². The number of nitrogens with one attached hydrogen (secondary N) is 2. The predicted octanol–water partition coefficient (Wildman–Crippen LogP) is 5.26. The van der Waals surface area contributed by atoms with Gasteiger partial charge < -0.3 is 15.1 Å². The number of fused-ring (bicyclic) bond motifs is 1. The van der Waals surface area contributed by atoms with Gasteiger partial charge in [0.15, 0.2) is 0 Å². The van der Waals surface area contributed by atoms with Crippen molar-refractivity contribution in [2.24, 2.45) is 0 Å². The number of likely N-dealkylation sites (N-methyl/N-ethyl adjacent to an activating group) is 1. The molecule has 1 aliphatic carbocycles. The van der Waals surface area contributed by atoms with E-state index in [0.29, 0.717) is 17.6 Å². The van der Waals surface area contributed by atoms with Crippen molar-refractivity contribution >= 4 is 86.5 Å². The quantitative estimate of drug-likeness (QED) is 0.303. The molecule has 2 aliphatic rings. The first-order chi connectivity index (χ1) is 16.6. The molecule has 3 heterocycles. The Morgan fingerprint density at radius 2 is 1.89 bits per heavy atom. The van der Waals surface area contributed by atoms with Gasteiger partial charge in [0, 0.05) is 61.6 Å². The van der Waals surface area contributed by atoms with Crippen molar-refractivity contribution < 1.29 is 9.63 Å². The molecule has 3 aromatic rings. The van der Waals surface area contributed by atoms with Crippen molar-refractivity contribution in [3.05, 3.63) is 40.5 Å². The van der Waals surface area contributed by atoms with E-state index in [-0.39, 0.29) is 43.2 Å². The summed E-state index contributed by atoms with van der Waals surface area (Å²) in [6.07, 6.45) is 3.88. The van der Waals surface area contributed by atoms with Gasteiger partial charge in [-0.1, -0.05) is 13.0 Å². The molecule has 1 aromatic carbocycles. The molecule has 0 unspecified atom stereocenters. The molecule has 204 valence electrons. The number of thiophene rings is 1. The molecule has 0 radical (unpaired) electrons. The monoisotopic (exact) mass is 652 g/mol. The Morgan fingerprint density at radius 3 is 2.59 bits per heavy atom. The van der Waals surface area contributed by atoms with E-state index in [1.54, 1.807) is 23.6 Å². The summed E-state index contributed by atoms with van der Waals surface area (Å²) < 4.78 is 1.84. The van der Waals surface area contributed by atoms with Gasteiger partial charge in [-0.15, -0.1) is 54.0 Å². The average Bonchev–Trinajstić information content (AvgIpc) is 3.59. The van der Waals surface area contributed by atoms with Gasteiger partial charge >= 0.3 is 5.97 Å². The van der Waals surface area contributed by atoms with Gasteiger partial charge in [0.2, 0.25) is 5.95 Å². The van der Waals surface area contributed by atoms with Gasteiger partial charge in [-0.25, -0.2) is 14.8 Å². The minimum atomic E-state index is -0.356. The third-order valence-corrected chi connectivity index (χ3v) is 7.97. The van der Waals surface area contributed by atoms with Crippen LogP contribution in [0.4, 0.5) is 5.95 Å². The van der Waals surface area contributed by atoms with Gasteiger partial charge in [-0.05, 0) is 53.5 Å². The summed E-state index contributed by atoms with van der Waals surface area (Å²) in [5, 5.41) is 4.25. The molecule has 37 heavy (non-hydrogen) atoms. The number of nitrogens with zero attached hydrogens (tertiary/aromatic N) is 4. The lowest BCUT2D eigenvalue weighted by Gasteiger charge is -2.33. The van der Waals surface area contributed by atoms with Crippen LogP contribution in [0.15, 0.2) is 34.9 Å². The van der Waals surface area contributed by atoms with Crippen LogP contribution >= 0.6 is 64.5 Å². The van der Waals surface area contributed by atoms with Crippen molar-refractivity contribution in [2.45, 2.75) is 25.8 Å². The second-order valence-electron chi connectivity index (χ2n) is 8.70. The van der Waals surface area contributed by atoms with Gasteiger partial charge in [-0.3, -0.25) is 4.90 Å². The minimum absolute atomic E-state index is 0. The molecule has 2 fully saturated rings. The number of anilines is 1. The third-order valence-electron chi connectivity index (χ3n) is 6.28. The lowest BCUT2D eigenvalue weighted by Crippen LogP contribution is -2.47. The Morgan fingerprint density at radius 1 is 1.16 bits per heavy atom. The van der Waals surface area contributed by atoms with Crippen LogP contribution in [0.5, 0.6) is 0 Å². The van der Waals surface area contributed by atoms with Crippen LogP contribution in [-0.2, 0) is 4.84 Å². The van der Waals surface area contributed by atoms with E-state index in [4.69, 9.17) is 9.82 Å². The topological polar surface area (TPSA) is 82.6 Å². The van der Waals surface area contributed by atoms with Crippen LogP contribution in [0.3, 0.4) is 0 Å². The van der Waals surface area contributed by atoms with Crippen LogP contribution in [-0.4, -0.2) is 77.6 Å². The standard InChI is InChI=1S/C24H29BrN6O2S.3ClH/c1-2-30-10-12-31(13-11-30)9-8-26-24-27-15-19(25)22(28-24)21-14-18-17(4-3-5-20(18)34-21)23(32)33-29-16-6-7-16;;;/h3-5,14-16,29H,2,6-13H2,1H3,(H,26,27,28);3*1H. The molecule has 5 rings (SSSR count). The maximum atomic E-state index is 12.6.